The van der Waals surface area contributed by atoms with Crippen LogP contribution in [0.2, 0.25) is 5.02 Å². The van der Waals surface area contributed by atoms with E-state index in [2.05, 4.69) is 48.4 Å². The summed E-state index contributed by atoms with van der Waals surface area (Å²) in [6.07, 6.45) is 3.50. The Bertz CT molecular complexity index is 816. The Morgan fingerprint density at radius 2 is 1.93 bits per heavy atom. The molecule has 2 aromatic rings. The number of hydrogen-bond acceptors (Lipinski definition) is 3. The molecule has 2 amide bonds. The molecular formula is C21H24ClN3O2. The maximum atomic E-state index is 12.7. The molecule has 0 unspecified atom stereocenters. The van der Waals surface area contributed by atoms with Crippen molar-refractivity contribution < 1.29 is 9.59 Å². The van der Waals surface area contributed by atoms with Crippen molar-refractivity contribution in [2.45, 2.75) is 45.2 Å². The fourth-order valence-corrected chi connectivity index (χ4v) is 3.05. The summed E-state index contributed by atoms with van der Waals surface area (Å²) in [6.45, 7) is 4.83. The highest BCUT2D eigenvalue weighted by molar-refractivity contribution is 6.30. The monoisotopic (exact) mass is 385 g/mol. The van der Waals surface area contributed by atoms with Gasteiger partial charge in [0.15, 0.2) is 0 Å². The first kappa shape index (κ1) is 19.4. The van der Waals surface area contributed by atoms with Gasteiger partial charge in [-0.1, -0.05) is 49.7 Å². The number of nitrogens with zero attached hydrogens (tertiary/aromatic N) is 2. The average Bonchev–Trinajstić information content (AvgIpc) is 3.49. The Labute approximate surface area is 164 Å². The summed E-state index contributed by atoms with van der Waals surface area (Å²) in [7, 11) is 0. The zero-order chi connectivity index (χ0) is 19.4. The van der Waals surface area contributed by atoms with Gasteiger partial charge >= 0.3 is 0 Å². The normalized spacial score (nSPS) is 13.5. The molecule has 1 N–H and O–H groups in total. The molecule has 142 valence electrons. The van der Waals surface area contributed by atoms with Gasteiger partial charge in [-0.05, 0) is 42.0 Å². The first-order valence-electron chi connectivity index (χ1n) is 9.22. The predicted molar refractivity (Wildman–Crippen MR) is 106 cm³/mol. The summed E-state index contributed by atoms with van der Waals surface area (Å²) in [5.41, 5.74) is 2.59. The number of amides is 2. The number of halogens is 1. The van der Waals surface area contributed by atoms with Crippen LogP contribution in [0.4, 0.5) is 0 Å². The van der Waals surface area contributed by atoms with Gasteiger partial charge in [0.25, 0.3) is 5.91 Å². The molecular weight excluding hydrogens is 362 g/mol. The quantitative estimate of drug-likeness (QED) is 0.788. The second-order valence-electron chi connectivity index (χ2n) is 7.19. The molecule has 0 atom stereocenters. The summed E-state index contributed by atoms with van der Waals surface area (Å²) in [5.74, 6) is -0.000716. The molecule has 0 spiro atoms. The van der Waals surface area contributed by atoms with Crippen LogP contribution in [0.5, 0.6) is 0 Å². The number of carbonyl (C=O) groups is 2. The molecule has 27 heavy (non-hydrogen) atoms. The zero-order valence-corrected chi connectivity index (χ0v) is 16.4. The van der Waals surface area contributed by atoms with E-state index in [4.69, 9.17) is 11.6 Å². The van der Waals surface area contributed by atoms with Crippen molar-refractivity contribution >= 4 is 23.4 Å². The summed E-state index contributed by atoms with van der Waals surface area (Å²) in [5, 5.41) is 3.08. The summed E-state index contributed by atoms with van der Waals surface area (Å²) in [6, 6.07) is 11.7. The van der Waals surface area contributed by atoms with E-state index in [1.165, 1.54) is 17.8 Å². The molecule has 1 saturated carbocycles. The second-order valence-corrected chi connectivity index (χ2v) is 7.63. The van der Waals surface area contributed by atoms with Crippen molar-refractivity contribution in [2.24, 2.45) is 0 Å². The third-order valence-electron chi connectivity index (χ3n) is 4.66. The zero-order valence-electron chi connectivity index (χ0n) is 15.6. The lowest BCUT2D eigenvalue weighted by molar-refractivity contribution is -0.131. The highest BCUT2D eigenvalue weighted by Gasteiger charge is 2.32. The minimum absolute atomic E-state index is 0.0480. The van der Waals surface area contributed by atoms with E-state index < -0.39 is 5.91 Å². The average molecular weight is 386 g/mol. The Morgan fingerprint density at radius 3 is 2.52 bits per heavy atom. The van der Waals surface area contributed by atoms with E-state index in [-0.39, 0.29) is 24.2 Å². The summed E-state index contributed by atoms with van der Waals surface area (Å²) < 4.78 is 0. The van der Waals surface area contributed by atoms with Crippen molar-refractivity contribution in [3.8, 4) is 0 Å². The van der Waals surface area contributed by atoms with Crippen molar-refractivity contribution in [1.29, 1.82) is 0 Å². The molecule has 6 heteroatoms. The number of carbonyl (C=O) groups excluding carboxylic acids is 2. The molecule has 3 rings (SSSR count). The number of nitrogens with one attached hydrogen (secondary N) is 1. The molecule has 0 radical (unpaired) electrons. The fourth-order valence-electron chi connectivity index (χ4n) is 2.89. The molecule has 1 fully saturated rings. The predicted octanol–water partition coefficient (Wildman–Crippen LogP) is 3.78. The Hall–Kier alpha value is -2.40. The van der Waals surface area contributed by atoms with Gasteiger partial charge in [-0.15, -0.1) is 0 Å². The topological polar surface area (TPSA) is 62.3 Å². The molecule has 1 heterocycles. The molecule has 1 aliphatic carbocycles. The van der Waals surface area contributed by atoms with Gasteiger partial charge in [0.1, 0.15) is 5.69 Å². The first-order valence-corrected chi connectivity index (χ1v) is 9.60. The number of benzene rings is 1. The van der Waals surface area contributed by atoms with Crippen LogP contribution in [0.1, 0.15) is 54.2 Å². The smallest absolute Gasteiger partial charge is 0.270 e. The Morgan fingerprint density at radius 1 is 1.22 bits per heavy atom. The molecule has 0 saturated heterocycles. The Kier molecular flexibility index (Phi) is 6.11. The lowest BCUT2D eigenvalue weighted by atomic mass is 10.0. The molecule has 0 bridgehead atoms. The van der Waals surface area contributed by atoms with E-state index in [0.29, 0.717) is 17.5 Å². The number of pyridine rings is 1. The van der Waals surface area contributed by atoms with E-state index >= 15 is 0 Å². The summed E-state index contributed by atoms with van der Waals surface area (Å²) in [4.78, 5) is 30.7. The van der Waals surface area contributed by atoms with E-state index in [1.807, 2.05) is 4.90 Å². The van der Waals surface area contributed by atoms with Gasteiger partial charge in [0, 0.05) is 23.8 Å². The van der Waals surface area contributed by atoms with E-state index in [1.54, 1.807) is 6.07 Å². The van der Waals surface area contributed by atoms with Gasteiger partial charge in [0.05, 0.1) is 6.54 Å². The van der Waals surface area contributed by atoms with Crippen LogP contribution in [0, 0.1) is 0 Å². The lowest BCUT2D eigenvalue weighted by Crippen LogP contribution is -2.41. The molecule has 5 nitrogen and oxygen atoms in total. The van der Waals surface area contributed by atoms with Crippen molar-refractivity contribution in [3.05, 3.63) is 64.4 Å². The number of rotatable bonds is 7. The third-order valence-corrected chi connectivity index (χ3v) is 4.90. The standard InChI is InChI=1S/C21H24ClN3O2/c1-14(2)16-5-3-15(4-6-16)13-25(18-7-8-18)20(26)12-24-21(27)19-11-17(22)9-10-23-19/h3-6,9-11,14,18H,7-8,12-13H2,1-2H3,(H,24,27). The van der Waals surface area contributed by atoms with Crippen LogP contribution in [0.25, 0.3) is 0 Å². The largest absolute Gasteiger partial charge is 0.342 e. The van der Waals surface area contributed by atoms with E-state index in [0.717, 1.165) is 18.4 Å². The van der Waals surface area contributed by atoms with Crippen LogP contribution in [0.15, 0.2) is 42.6 Å². The molecule has 1 aromatic heterocycles. The minimum atomic E-state index is -0.400. The third kappa shape index (κ3) is 5.30. The van der Waals surface area contributed by atoms with Gasteiger partial charge in [-0.2, -0.15) is 0 Å². The summed E-state index contributed by atoms with van der Waals surface area (Å²) >= 11 is 5.88. The Balaban J connectivity index is 1.59. The van der Waals surface area contributed by atoms with Gasteiger partial charge in [-0.3, -0.25) is 14.6 Å². The van der Waals surface area contributed by atoms with Crippen LogP contribution >= 0.6 is 11.6 Å². The number of aromatic nitrogens is 1. The highest BCUT2D eigenvalue weighted by Crippen LogP contribution is 2.28. The van der Waals surface area contributed by atoms with Gasteiger partial charge in [-0.25, -0.2) is 0 Å². The maximum Gasteiger partial charge on any atom is 0.270 e. The van der Waals surface area contributed by atoms with Crippen LogP contribution in [0.3, 0.4) is 0 Å². The minimum Gasteiger partial charge on any atom is -0.342 e. The van der Waals surface area contributed by atoms with Crippen molar-refractivity contribution in [1.82, 2.24) is 15.2 Å². The molecule has 1 aromatic carbocycles. The van der Waals surface area contributed by atoms with Gasteiger partial charge in [0.2, 0.25) is 5.91 Å². The van der Waals surface area contributed by atoms with Crippen LogP contribution in [-0.4, -0.2) is 34.3 Å². The molecule has 0 aliphatic heterocycles. The maximum absolute atomic E-state index is 12.7. The van der Waals surface area contributed by atoms with E-state index in [9.17, 15) is 9.59 Å². The van der Waals surface area contributed by atoms with Crippen LogP contribution < -0.4 is 5.32 Å². The second kappa shape index (κ2) is 8.53. The van der Waals surface area contributed by atoms with Crippen molar-refractivity contribution in [2.75, 3.05) is 6.54 Å². The van der Waals surface area contributed by atoms with Gasteiger partial charge < -0.3 is 10.2 Å². The number of hydrogen-bond donors (Lipinski definition) is 1. The first-order chi connectivity index (χ1) is 12.9. The van der Waals surface area contributed by atoms with Crippen molar-refractivity contribution in [3.63, 3.8) is 0 Å². The molecule has 1 aliphatic rings. The van der Waals surface area contributed by atoms with Crippen LogP contribution in [-0.2, 0) is 11.3 Å². The lowest BCUT2D eigenvalue weighted by Gasteiger charge is -2.23. The SMILES string of the molecule is CC(C)c1ccc(CN(C(=O)CNC(=O)c2cc(Cl)ccn2)C2CC2)cc1. The highest BCUT2D eigenvalue weighted by atomic mass is 35.5. The fraction of sp³-hybridized carbons (Fsp3) is 0.381.